The van der Waals surface area contributed by atoms with Gasteiger partial charge in [0.1, 0.15) is 61.0 Å². The summed E-state index contributed by atoms with van der Waals surface area (Å²) in [6, 6.07) is 98.5. The summed E-state index contributed by atoms with van der Waals surface area (Å²) in [6.07, 6.45) is -33.3. The quantitative estimate of drug-likeness (QED) is 0.0258. The van der Waals surface area contributed by atoms with Crippen molar-refractivity contribution in [2.45, 2.75) is 215 Å². The summed E-state index contributed by atoms with van der Waals surface area (Å²) in [5.41, 5.74) is 5.43. The van der Waals surface area contributed by atoms with Gasteiger partial charge in [0.25, 0.3) is 0 Å². The molecule has 0 radical (unpaired) electrons. The number of benzene rings is 11. The molecule has 0 amide bonds. The molecule has 26 nitrogen and oxygen atoms in total. The lowest BCUT2D eigenvalue weighted by molar-refractivity contribution is -0.403. The Morgan fingerprint density at radius 3 is 0.812 bits per heavy atom. The van der Waals surface area contributed by atoms with Gasteiger partial charge in [0, 0.05) is 7.11 Å². The largest absolute Gasteiger partial charge is 0.453 e. The number of hydrogen-bond donors (Lipinski definition) is 0. The second kappa shape index (κ2) is 46.7. The smallest absolute Gasteiger partial charge is 0.338 e. The van der Waals surface area contributed by atoms with E-state index in [1.54, 1.807) is 172 Å². The number of rotatable bonds is 37. The van der Waals surface area contributed by atoms with E-state index < -0.39 is 184 Å². The molecule has 26 heteroatoms. The highest BCUT2D eigenvalue weighted by Gasteiger charge is 2.60. The van der Waals surface area contributed by atoms with Crippen molar-refractivity contribution in [2.75, 3.05) is 13.7 Å². The Hall–Kier alpha value is -11.9. The van der Waals surface area contributed by atoms with Gasteiger partial charge in [-0.15, -0.1) is 0 Å². The molecular formula is C107H108O26. The minimum absolute atomic E-state index is 0.0284. The molecule has 24 atom stereocenters. The van der Waals surface area contributed by atoms with Crippen LogP contribution in [0.25, 0.3) is 0 Å². The number of ether oxygens (including phenoxy) is 21. The minimum Gasteiger partial charge on any atom is -0.453 e. The van der Waals surface area contributed by atoms with E-state index in [0.717, 1.165) is 27.8 Å². The SMILES string of the molecule is CO[C@@H]1[C@@H](OC(=O)c2ccccc2)[C@H](O[C@H]2[C@H](O[C@@H]3[C@@H](OCc4ccccc4)[C@H](OCc4ccccc4)O[C@H](C)[C@H]3OCc3ccccc3)OC[C@@H](O[C@@H]3O[C@H](C)[C@@H](OCc4ccccc4)[C@H](OCc4ccccc4)[C@H]3O[C@@H]3O[C@H](C)[C@H](OC(=O)c4ccccc4)[C@H](OC(=O)c4ccccc4)[C@H]3OC(=O)c3ccccc3)[C@@H]2OCc2ccccc2)O[C@H](C)[C@H]1OC(=O)c1ccccc1. The van der Waals surface area contributed by atoms with E-state index in [-0.39, 0.29) is 67.5 Å². The fourth-order valence-corrected chi connectivity index (χ4v) is 16.8. The summed E-state index contributed by atoms with van der Waals surface area (Å²) < 4.78 is 149. The third-order valence-electron chi connectivity index (χ3n) is 23.7. The van der Waals surface area contributed by atoms with E-state index in [4.69, 9.17) is 99.5 Å². The van der Waals surface area contributed by atoms with Crippen molar-refractivity contribution in [2.24, 2.45) is 0 Å². The Morgan fingerprint density at radius 2 is 0.466 bits per heavy atom. The van der Waals surface area contributed by atoms with E-state index in [1.165, 1.54) is 7.11 Å². The zero-order valence-corrected chi connectivity index (χ0v) is 74.2. The van der Waals surface area contributed by atoms with Crippen LogP contribution in [0.4, 0.5) is 0 Å². The average molecular weight is 1810 g/mol. The first kappa shape index (κ1) is 94.3. The van der Waals surface area contributed by atoms with Crippen LogP contribution in [0.3, 0.4) is 0 Å². The predicted molar refractivity (Wildman–Crippen MR) is 482 cm³/mol. The highest BCUT2D eigenvalue weighted by atomic mass is 16.8. The van der Waals surface area contributed by atoms with Crippen LogP contribution in [0.1, 0.15) is 113 Å². The molecule has 133 heavy (non-hydrogen) atoms. The molecule has 5 heterocycles. The monoisotopic (exact) mass is 1810 g/mol. The van der Waals surface area contributed by atoms with Gasteiger partial charge in [0.2, 0.25) is 0 Å². The van der Waals surface area contributed by atoms with Crippen molar-refractivity contribution in [3.63, 3.8) is 0 Å². The van der Waals surface area contributed by atoms with Crippen molar-refractivity contribution in [3.8, 4) is 0 Å². The fourth-order valence-electron chi connectivity index (χ4n) is 16.8. The first-order chi connectivity index (χ1) is 65.1. The standard InChI is InChI=1S/C107H108O26/c1-68-84(114-61-72-39-17-6-18-40-72)90(117-64-75-45-23-9-24-46-75)96(133-107-97(130-102(112)82-59-37-16-38-60-82)92(128-100(110)80-55-33-14-34-56-80)87(71(4)124-107)127-99(109)79-53-31-13-32-54-79)105(122-68)125-83-67-120-104(131-91-85(115-62-73-41-19-7-20-42-73)69(2)121-103(119-66-77-49-27-11-28-50-77)93(91)118-65-76-47-25-10-26-48-76)94(88(83)116-63-74-43-21-8-22-44-74)132-106-95(129-101(111)81-57-35-15-36-58-81)89(113-5)86(70(3)123-106)126-98(108)78-51-29-12-30-52-78/h6-60,68-71,83-97,103-107H,61-67H2,1-5H3/t68-,69-,70-,71-,83-,84-,85-,86-,87+,88+,89+,90+,91+,92+,93-,94-,95-,96-,97-,103-,104+,105+,106+,107+/m1/s1. The molecule has 11 aromatic rings. The van der Waals surface area contributed by atoms with Crippen LogP contribution >= 0.6 is 0 Å². The molecule has 0 bridgehead atoms. The molecule has 692 valence electrons. The maximum Gasteiger partial charge on any atom is 0.338 e. The molecule has 0 unspecified atom stereocenters. The molecule has 0 N–H and O–H groups in total. The van der Waals surface area contributed by atoms with Crippen LogP contribution in [0, 0.1) is 0 Å². The number of methoxy groups -OCH3 is 1. The van der Waals surface area contributed by atoms with Gasteiger partial charge in [-0.3, -0.25) is 0 Å². The average Bonchev–Trinajstić information content (AvgIpc) is 0.760. The van der Waals surface area contributed by atoms with Gasteiger partial charge in [-0.2, -0.15) is 0 Å². The maximum atomic E-state index is 15.2. The molecule has 5 saturated heterocycles. The van der Waals surface area contributed by atoms with Gasteiger partial charge in [-0.1, -0.05) is 273 Å². The lowest BCUT2D eigenvalue weighted by Crippen LogP contribution is -2.68. The molecule has 16 rings (SSSR count). The van der Waals surface area contributed by atoms with E-state index in [9.17, 15) is 14.4 Å². The second-order valence-electron chi connectivity index (χ2n) is 33.0. The molecule has 0 aromatic heterocycles. The van der Waals surface area contributed by atoms with Gasteiger partial charge in [0.15, 0.2) is 62.0 Å². The molecule has 5 aliphatic heterocycles. The summed E-state index contributed by atoms with van der Waals surface area (Å²) >= 11 is 0. The summed E-state index contributed by atoms with van der Waals surface area (Å²) in [6.45, 7) is 6.51. The van der Waals surface area contributed by atoms with Crippen LogP contribution < -0.4 is 0 Å². The zero-order valence-electron chi connectivity index (χ0n) is 74.2. The van der Waals surface area contributed by atoms with Gasteiger partial charge in [-0.05, 0) is 122 Å². The van der Waals surface area contributed by atoms with Crippen molar-refractivity contribution in [1.29, 1.82) is 0 Å². The van der Waals surface area contributed by atoms with Crippen LogP contribution in [0.5, 0.6) is 0 Å². The van der Waals surface area contributed by atoms with E-state index in [1.807, 2.05) is 189 Å². The Morgan fingerprint density at radius 1 is 0.226 bits per heavy atom. The molecular weight excluding hydrogens is 1700 g/mol. The minimum atomic E-state index is -1.82. The van der Waals surface area contributed by atoms with Gasteiger partial charge >= 0.3 is 29.8 Å². The lowest BCUT2D eigenvalue weighted by Gasteiger charge is -2.51. The highest BCUT2D eigenvalue weighted by molar-refractivity contribution is 5.92. The van der Waals surface area contributed by atoms with Crippen molar-refractivity contribution in [1.82, 2.24) is 0 Å². The van der Waals surface area contributed by atoms with E-state index in [0.29, 0.717) is 5.56 Å². The Bertz CT molecular complexity index is 5400. The van der Waals surface area contributed by atoms with Crippen molar-refractivity contribution in [3.05, 3.63) is 395 Å². The van der Waals surface area contributed by atoms with Crippen molar-refractivity contribution < 1.29 is 123 Å². The van der Waals surface area contributed by atoms with Gasteiger partial charge in [0.05, 0.1) is 98.5 Å². The van der Waals surface area contributed by atoms with Crippen molar-refractivity contribution >= 4 is 29.8 Å². The Kier molecular flexibility index (Phi) is 33.1. The highest BCUT2D eigenvalue weighted by Crippen LogP contribution is 2.42. The summed E-state index contributed by atoms with van der Waals surface area (Å²) in [7, 11) is 1.40. The fraction of sp³-hybridized carbons (Fsp3) is 0.336. The topological polar surface area (TPSA) is 279 Å². The number of carbonyl (C=O) groups is 5. The van der Waals surface area contributed by atoms with Gasteiger partial charge < -0.3 is 99.5 Å². The first-order valence-corrected chi connectivity index (χ1v) is 44.7. The zero-order chi connectivity index (χ0) is 91.8. The normalized spacial score (nSPS) is 28.1. The summed E-state index contributed by atoms with van der Waals surface area (Å²) in [5.74, 6) is -4.14. The first-order valence-electron chi connectivity index (χ1n) is 44.7. The van der Waals surface area contributed by atoms with Gasteiger partial charge in [-0.25, -0.2) is 24.0 Å². The molecule has 0 saturated carbocycles. The number of hydrogen-bond acceptors (Lipinski definition) is 26. The van der Waals surface area contributed by atoms with E-state index >= 15 is 9.59 Å². The van der Waals surface area contributed by atoms with Crippen LogP contribution in [0.2, 0.25) is 0 Å². The lowest BCUT2D eigenvalue weighted by atomic mass is 9.96. The third kappa shape index (κ3) is 24.6. The van der Waals surface area contributed by atoms with E-state index in [2.05, 4.69) is 0 Å². The third-order valence-corrected chi connectivity index (χ3v) is 23.7. The summed E-state index contributed by atoms with van der Waals surface area (Å²) in [4.78, 5) is 74.3. The number of esters is 5. The van der Waals surface area contributed by atoms with Crippen LogP contribution in [-0.4, -0.2) is 191 Å². The molecule has 0 aliphatic carbocycles. The van der Waals surface area contributed by atoms with Crippen LogP contribution in [0.15, 0.2) is 334 Å². The maximum absolute atomic E-state index is 15.2. The molecule has 5 fully saturated rings. The Labute approximate surface area is 772 Å². The molecule has 5 aliphatic rings. The summed E-state index contributed by atoms with van der Waals surface area (Å²) in [5, 5.41) is 0. The number of carbonyl (C=O) groups excluding carboxylic acids is 5. The molecule has 0 spiro atoms. The second-order valence-corrected chi connectivity index (χ2v) is 33.0. The van der Waals surface area contributed by atoms with Crippen LogP contribution in [-0.2, 0) is 139 Å². The predicted octanol–water partition coefficient (Wildman–Crippen LogP) is 16.1. The molecule has 11 aromatic carbocycles. The Balaban J connectivity index is 0.849.